The van der Waals surface area contributed by atoms with Crippen molar-refractivity contribution in [2.75, 3.05) is 6.54 Å². The number of aliphatic carboxylic acids is 1. The first-order chi connectivity index (χ1) is 10.5. The molecule has 0 aromatic carbocycles. The number of hydrogen-bond acceptors (Lipinski definition) is 5. The number of halogens is 2. The summed E-state index contributed by atoms with van der Waals surface area (Å²) in [7, 11) is -4.34. The average Bonchev–Trinajstić information content (AvgIpc) is 3.01. The number of rotatable bonds is 5. The Hall–Kier alpha value is -1.59. The molecule has 0 saturated carbocycles. The minimum absolute atomic E-state index is 0.105. The van der Waals surface area contributed by atoms with Gasteiger partial charge in [0.05, 0.1) is 13.1 Å². The second-order valence-corrected chi connectivity index (χ2v) is 8.38. The van der Waals surface area contributed by atoms with Gasteiger partial charge in [0.1, 0.15) is 10.3 Å². The van der Waals surface area contributed by atoms with Gasteiger partial charge in [0.2, 0.25) is 5.91 Å². The van der Waals surface area contributed by atoms with E-state index in [9.17, 15) is 26.8 Å². The van der Waals surface area contributed by atoms with Crippen molar-refractivity contribution in [2.45, 2.75) is 36.1 Å². The van der Waals surface area contributed by atoms with Gasteiger partial charge in [-0.25, -0.2) is 17.2 Å². The first kappa shape index (κ1) is 17.8. The van der Waals surface area contributed by atoms with Crippen molar-refractivity contribution in [3.8, 4) is 0 Å². The van der Waals surface area contributed by atoms with E-state index in [1.807, 2.05) is 0 Å². The smallest absolute Gasteiger partial charge is 0.322 e. The fourth-order valence-electron chi connectivity index (χ4n) is 2.17. The van der Waals surface area contributed by atoms with Crippen LogP contribution >= 0.6 is 11.3 Å². The quantitative estimate of drug-likeness (QED) is 0.803. The van der Waals surface area contributed by atoms with Crippen LogP contribution < -0.4 is 5.32 Å². The number of amides is 1. The number of nitrogens with one attached hydrogen (secondary N) is 1. The summed E-state index contributed by atoms with van der Waals surface area (Å²) in [6.45, 7) is 0.244. The molecule has 1 atom stereocenters. The van der Waals surface area contributed by atoms with Gasteiger partial charge in [-0.15, -0.1) is 11.3 Å². The lowest BCUT2D eigenvalue weighted by atomic mass is 10.2. The van der Waals surface area contributed by atoms with E-state index in [4.69, 9.17) is 5.11 Å². The van der Waals surface area contributed by atoms with E-state index in [-0.39, 0.29) is 16.7 Å². The highest BCUT2D eigenvalue weighted by molar-refractivity contribution is 7.91. The van der Waals surface area contributed by atoms with Crippen molar-refractivity contribution in [3.63, 3.8) is 0 Å². The molecule has 1 aromatic heterocycles. The molecular formula is C12H14F2N2O5S2. The molecule has 0 spiro atoms. The minimum atomic E-state index is -4.34. The van der Waals surface area contributed by atoms with Crippen LogP contribution in [0.3, 0.4) is 0 Å². The number of nitrogens with zero attached hydrogens (tertiary/aromatic N) is 1. The first-order valence-corrected chi connectivity index (χ1v) is 8.74. The van der Waals surface area contributed by atoms with E-state index < -0.39 is 40.9 Å². The third-order valence-electron chi connectivity index (χ3n) is 3.22. The van der Waals surface area contributed by atoms with E-state index in [0.29, 0.717) is 9.18 Å². The van der Waals surface area contributed by atoms with Crippen molar-refractivity contribution in [3.05, 3.63) is 17.0 Å². The maximum Gasteiger partial charge on any atom is 0.322 e. The zero-order chi connectivity index (χ0) is 17.4. The van der Waals surface area contributed by atoms with Crippen LogP contribution in [0.5, 0.6) is 0 Å². The van der Waals surface area contributed by atoms with Gasteiger partial charge in [0.15, 0.2) is 0 Å². The van der Waals surface area contributed by atoms with Crippen LogP contribution in [0.15, 0.2) is 16.3 Å². The van der Waals surface area contributed by atoms with E-state index >= 15 is 0 Å². The van der Waals surface area contributed by atoms with E-state index in [0.717, 1.165) is 11.3 Å². The Labute approximate surface area is 135 Å². The lowest BCUT2D eigenvalue weighted by molar-refractivity contribution is -0.141. The molecule has 2 heterocycles. The standard InChI is InChI=1S/C12H14F2N2O5S2/c1-7(17)15-5-8-2-3-10(22-8)23(20,21)16-6-12(13,14)4-9(16)11(18)19/h2-3,9H,4-6H2,1H3,(H,15,17)(H,18,19)/t9-/m1/s1. The average molecular weight is 368 g/mol. The van der Waals surface area contributed by atoms with Crippen LogP contribution in [0, 0.1) is 0 Å². The van der Waals surface area contributed by atoms with Gasteiger partial charge in [-0.2, -0.15) is 4.31 Å². The molecule has 1 aliphatic heterocycles. The highest BCUT2D eigenvalue weighted by Gasteiger charge is 2.53. The molecule has 1 aromatic rings. The van der Waals surface area contributed by atoms with Gasteiger partial charge in [-0.1, -0.05) is 0 Å². The Morgan fingerprint density at radius 2 is 2.13 bits per heavy atom. The normalized spacial score (nSPS) is 21.3. The highest BCUT2D eigenvalue weighted by Crippen LogP contribution is 2.37. The van der Waals surface area contributed by atoms with Crippen LogP contribution in [0.1, 0.15) is 18.2 Å². The minimum Gasteiger partial charge on any atom is -0.480 e. The zero-order valence-electron chi connectivity index (χ0n) is 12.0. The zero-order valence-corrected chi connectivity index (χ0v) is 13.6. The Morgan fingerprint density at radius 3 is 2.70 bits per heavy atom. The molecule has 1 fully saturated rings. The summed E-state index contributed by atoms with van der Waals surface area (Å²) in [5, 5.41) is 11.5. The third-order valence-corrected chi connectivity index (χ3v) is 6.63. The van der Waals surface area contributed by atoms with Gasteiger partial charge >= 0.3 is 5.97 Å². The summed E-state index contributed by atoms with van der Waals surface area (Å²) >= 11 is 0.800. The van der Waals surface area contributed by atoms with Crippen molar-refractivity contribution in [1.29, 1.82) is 0 Å². The Morgan fingerprint density at radius 1 is 1.48 bits per heavy atom. The Bertz CT molecular complexity index is 732. The van der Waals surface area contributed by atoms with Crippen LogP contribution in [0.25, 0.3) is 0 Å². The number of carbonyl (C=O) groups is 2. The monoisotopic (exact) mass is 368 g/mol. The second-order valence-electron chi connectivity index (χ2n) is 5.09. The molecule has 1 aliphatic rings. The van der Waals surface area contributed by atoms with Crippen molar-refractivity contribution >= 4 is 33.2 Å². The van der Waals surface area contributed by atoms with Gasteiger partial charge in [0, 0.05) is 18.2 Å². The van der Waals surface area contributed by atoms with E-state index in [1.54, 1.807) is 0 Å². The summed E-state index contributed by atoms with van der Waals surface area (Å²) < 4.78 is 51.9. The number of alkyl halides is 2. The number of carboxylic acids is 1. The number of carbonyl (C=O) groups excluding carboxylic acids is 1. The second kappa shape index (κ2) is 6.13. The number of carboxylic acid groups (broad SMARTS) is 1. The molecule has 1 amide bonds. The van der Waals surface area contributed by atoms with Gasteiger partial charge in [-0.3, -0.25) is 9.59 Å². The van der Waals surface area contributed by atoms with Crippen molar-refractivity contribution in [1.82, 2.24) is 9.62 Å². The fourth-order valence-corrected chi connectivity index (χ4v) is 5.20. The van der Waals surface area contributed by atoms with E-state index in [1.165, 1.54) is 19.1 Å². The highest BCUT2D eigenvalue weighted by atomic mass is 32.2. The topological polar surface area (TPSA) is 104 Å². The molecule has 2 N–H and O–H groups in total. The predicted molar refractivity (Wildman–Crippen MR) is 76.7 cm³/mol. The molecule has 23 heavy (non-hydrogen) atoms. The summed E-state index contributed by atoms with van der Waals surface area (Å²) in [6.07, 6.45) is -1.05. The molecule has 0 unspecified atom stereocenters. The molecule has 0 bridgehead atoms. The summed E-state index contributed by atoms with van der Waals surface area (Å²) in [4.78, 5) is 22.4. The van der Waals surface area contributed by atoms with Crippen LogP contribution in [0.2, 0.25) is 0 Å². The summed E-state index contributed by atoms with van der Waals surface area (Å²) in [5.74, 6) is -5.29. The lowest BCUT2D eigenvalue weighted by Crippen LogP contribution is -2.40. The number of hydrogen-bond donors (Lipinski definition) is 2. The first-order valence-electron chi connectivity index (χ1n) is 6.48. The molecule has 11 heteroatoms. The third kappa shape index (κ3) is 3.85. The molecule has 2 rings (SSSR count). The van der Waals surface area contributed by atoms with Crippen molar-refractivity contribution in [2.24, 2.45) is 0 Å². The molecule has 0 aliphatic carbocycles. The maximum absolute atomic E-state index is 13.5. The van der Waals surface area contributed by atoms with Crippen molar-refractivity contribution < 1.29 is 31.9 Å². The Balaban J connectivity index is 2.27. The number of thiophene rings is 1. The van der Waals surface area contributed by atoms with Crippen LogP contribution in [-0.4, -0.2) is 48.2 Å². The van der Waals surface area contributed by atoms with Crippen LogP contribution in [-0.2, 0) is 26.2 Å². The largest absolute Gasteiger partial charge is 0.480 e. The van der Waals surface area contributed by atoms with Gasteiger partial charge in [-0.05, 0) is 12.1 Å². The maximum atomic E-state index is 13.5. The molecule has 0 radical (unpaired) electrons. The molecular weight excluding hydrogens is 354 g/mol. The predicted octanol–water partition coefficient (Wildman–Crippen LogP) is 0.867. The Kier molecular flexibility index (Phi) is 4.74. The molecule has 7 nitrogen and oxygen atoms in total. The lowest BCUT2D eigenvalue weighted by Gasteiger charge is -2.19. The number of sulfonamides is 1. The summed E-state index contributed by atoms with van der Waals surface area (Å²) in [6, 6.07) is 0.861. The van der Waals surface area contributed by atoms with Gasteiger partial charge < -0.3 is 10.4 Å². The SMILES string of the molecule is CC(=O)NCc1ccc(S(=O)(=O)N2CC(F)(F)C[C@@H]2C(=O)O)s1. The molecule has 128 valence electrons. The summed E-state index contributed by atoms with van der Waals surface area (Å²) in [5.41, 5.74) is 0. The van der Waals surface area contributed by atoms with Gasteiger partial charge in [0.25, 0.3) is 15.9 Å². The van der Waals surface area contributed by atoms with Crippen LogP contribution in [0.4, 0.5) is 8.78 Å². The molecule has 1 saturated heterocycles. The fraction of sp³-hybridized carbons (Fsp3) is 0.500. The van der Waals surface area contributed by atoms with E-state index in [2.05, 4.69) is 5.32 Å².